The summed E-state index contributed by atoms with van der Waals surface area (Å²) in [7, 11) is 0. The number of nitrogens with zero attached hydrogens (tertiary/aromatic N) is 4. The number of ether oxygens (including phenoxy) is 1. The number of anilines is 1. The van der Waals surface area contributed by atoms with Crippen LogP contribution in [0.4, 0.5) is 5.82 Å². The number of aryl methyl sites for hydroxylation is 2. The molecule has 3 rings (SSSR count). The smallest absolute Gasteiger partial charge is 0.132 e. The van der Waals surface area contributed by atoms with Crippen LogP contribution in [0.3, 0.4) is 0 Å². The van der Waals surface area contributed by atoms with Gasteiger partial charge in [0.05, 0.1) is 13.2 Å². The molecule has 2 aliphatic rings. The van der Waals surface area contributed by atoms with Gasteiger partial charge < -0.3 is 9.64 Å². The van der Waals surface area contributed by atoms with E-state index in [4.69, 9.17) is 4.74 Å². The van der Waals surface area contributed by atoms with Crippen LogP contribution in [0.25, 0.3) is 0 Å². The predicted molar refractivity (Wildman–Crippen MR) is 83.7 cm³/mol. The Bertz CT molecular complexity index is 473. The van der Waals surface area contributed by atoms with E-state index >= 15 is 0 Å². The molecule has 0 radical (unpaired) electrons. The minimum absolute atomic E-state index is 0.753. The molecule has 116 valence electrons. The second-order valence-corrected chi connectivity index (χ2v) is 6.13. The maximum Gasteiger partial charge on any atom is 0.132 e. The van der Waals surface area contributed by atoms with Gasteiger partial charge in [0, 0.05) is 44.5 Å². The second kappa shape index (κ2) is 6.71. The Balaban J connectivity index is 1.59. The van der Waals surface area contributed by atoms with E-state index in [0.29, 0.717) is 0 Å². The average molecular weight is 290 g/mol. The molecule has 0 aliphatic carbocycles. The average Bonchev–Trinajstić information content (AvgIpc) is 2.96. The molecule has 5 nitrogen and oxygen atoms in total. The van der Waals surface area contributed by atoms with Crippen molar-refractivity contribution in [2.24, 2.45) is 5.92 Å². The zero-order valence-electron chi connectivity index (χ0n) is 13.2. The minimum Gasteiger partial charge on any atom is -0.379 e. The summed E-state index contributed by atoms with van der Waals surface area (Å²) < 4.78 is 5.42. The lowest BCUT2D eigenvalue weighted by Gasteiger charge is -2.29. The molecular formula is C16H26N4O. The van der Waals surface area contributed by atoms with E-state index in [-0.39, 0.29) is 0 Å². The van der Waals surface area contributed by atoms with Crippen molar-refractivity contribution in [2.75, 3.05) is 50.8 Å². The van der Waals surface area contributed by atoms with Gasteiger partial charge in [-0.25, -0.2) is 9.97 Å². The molecule has 2 aliphatic heterocycles. The largest absolute Gasteiger partial charge is 0.379 e. The van der Waals surface area contributed by atoms with Crippen molar-refractivity contribution in [3.8, 4) is 0 Å². The molecule has 1 aromatic heterocycles. The Morgan fingerprint density at radius 3 is 2.81 bits per heavy atom. The fourth-order valence-corrected chi connectivity index (χ4v) is 3.29. The standard InChI is InChI=1S/C16H26N4O/c1-3-15-10-16(18-13(2)17-15)20-5-4-14(12-20)11-19-6-8-21-9-7-19/h10,14H,3-9,11-12H2,1-2H3. The molecule has 1 unspecified atom stereocenters. The lowest BCUT2D eigenvalue weighted by molar-refractivity contribution is 0.0320. The van der Waals surface area contributed by atoms with Gasteiger partial charge in [0.25, 0.3) is 0 Å². The van der Waals surface area contributed by atoms with Crippen LogP contribution in [0.5, 0.6) is 0 Å². The Kier molecular flexibility index (Phi) is 4.70. The van der Waals surface area contributed by atoms with E-state index in [9.17, 15) is 0 Å². The summed E-state index contributed by atoms with van der Waals surface area (Å²) >= 11 is 0. The van der Waals surface area contributed by atoms with E-state index in [2.05, 4.69) is 32.8 Å². The van der Waals surface area contributed by atoms with Crippen LogP contribution < -0.4 is 4.90 Å². The molecule has 0 N–H and O–H groups in total. The van der Waals surface area contributed by atoms with Gasteiger partial charge in [-0.1, -0.05) is 6.92 Å². The van der Waals surface area contributed by atoms with Gasteiger partial charge in [-0.15, -0.1) is 0 Å². The van der Waals surface area contributed by atoms with Crippen molar-refractivity contribution in [2.45, 2.75) is 26.7 Å². The third-order valence-electron chi connectivity index (χ3n) is 4.47. The topological polar surface area (TPSA) is 41.5 Å². The van der Waals surface area contributed by atoms with Crippen LogP contribution >= 0.6 is 0 Å². The molecule has 21 heavy (non-hydrogen) atoms. The molecule has 5 heteroatoms. The first-order chi connectivity index (χ1) is 10.2. The second-order valence-electron chi connectivity index (χ2n) is 6.13. The third-order valence-corrected chi connectivity index (χ3v) is 4.47. The fourth-order valence-electron chi connectivity index (χ4n) is 3.29. The highest BCUT2D eigenvalue weighted by Crippen LogP contribution is 2.24. The summed E-state index contributed by atoms with van der Waals surface area (Å²) in [6, 6.07) is 2.16. The number of aromatic nitrogens is 2. The number of hydrogen-bond acceptors (Lipinski definition) is 5. The monoisotopic (exact) mass is 290 g/mol. The molecular weight excluding hydrogens is 264 g/mol. The van der Waals surface area contributed by atoms with Crippen molar-refractivity contribution in [1.82, 2.24) is 14.9 Å². The Morgan fingerprint density at radius 1 is 1.24 bits per heavy atom. The third kappa shape index (κ3) is 3.71. The summed E-state index contributed by atoms with van der Waals surface area (Å²) in [5.74, 6) is 2.76. The zero-order chi connectivity index (χ0) is 14.7. The summed E-state index contributed by atoms with van der Waals surface area (Å²) in [6.45, 7) is 11.5. The van der Waals surface area contributed by atoms with Gasteiger partial charge in [-0.2, -0.15) is 0 Å². The number of hydrogen-bond donors (Lipinski definition) is 0. The van der Waals surface area contributed by atoms with Crippen molar-refractivity contribution in [1.29, 1.82) is 0 Å². The van der Waals surface area contributed by atoms with E-state index < -0.39 is 0 Å². The maximum atomic E-state index is 5.42. The van der Waals surface area contributed by atoms with Crippen molar-refractivity contribution >= 4 is 5.82 Å². The van der Waals surface area contributed by atoms with E-state index in [0.717, 1.165) is 69.1 Å². The number of rotatable bonds is 4. The predicted octanol–water partition coefficient (Wildman–Crippen LogP) is 1.51. The van der Waals surface area contributed by atoms with Crippen LogP contribution in [-0.4, -0.2) is 60.8 Å². The Hall–Kier alpha value is -1.20. The highest BCUT2D eigenvalue weighted by Gasteiger charge is 2.26. The van der Waals surface area contributed by atoms with Gasteiger partial charge >= 0.3 is 0 Å². The zero-order valence-corrected chi connectivity index (χ0v) is 13.2. The van der Waals surface area contributed by atoms with Crippen LogP contribution in [0, 0.1) is 12.8 Å². The minimum atomic E-state index is 0.753. The molecule has 3 heterocycles. The molecule has 0 saturated carbocycles. The Labute approximate surface area is 127 Å². The van der Waals surface area contributed by atoms with Crippen LogP contribution in [0.2, 0.25) is 0 Å². The molecule has 1 atom stereocenters. The van der Waals surface area contributed by atoms with Crippen LogP contribution in [0.1, 0.15) is 24.9 Å². The van der Waals surface area contributed by atoms with Gasteiger partial charge in [0.2, 0.25) is 0 Å². The Morgan fingerprint density at radius 2 is 2.05 bits per heavy atom. The van der Waals surface area contributed by atoms with Gasteiger partial charge in [-0.3, -0.25) is 4.90 Å². The molecule has 1 aromatic rings. The number of morpholine rings is 1. The maximum absolute atomic E-state index is 5.42. The summed E-state index contributed by atoms with van der Waals surface area (Å²) in [5, 5.41) is 0. The van der Waals surface area contributed by atoms with Crippen LogP contribution in [0.15, 0.2) is 6.07 Å². The molecule has 0 amide bonds. The van der Waals surface area contributed by atoms with E-state index in [1.54, 1.807) is 0 Å². The first kappa shape index (κ1) is 14.7. The lowest BCUT2D eigenvalue weighted by Crippen LogP contribution is -2.39. The molecule has 2 saturated heterocycles. The summed E-state index contributed by atoms with van der Waals surface area (Å²) in [6.07, 6.45) is 2.24. The molecule has 0 bridgehead atoms. The quantitative estimate of drug-likeness (QED) is 0.841. The fraction of sp³-hybridized carbons (Fsp3) is 0.750. The van der Waals surface area contributed by atoms with E-state index in [1.807, 2.05) is 6.92 Å². The van der Waals surface area contributed by atoms with Crippen LogP contribution in [-0.2, 0) is 11.2 Å². The SMILES string of the molecule is CCc1cc(N2CCC(CN3CCOCC3)C2)nc(C)n1. The molecule has 0 aromatic carbocycles. The highest BCUT2D eigenvalue weighted by molar-refractivity contribution is 5.41. The van der Waals surface area contributed by atoms with Gasteiger partial charge in [0.1, 0.15) is 11.6 Å². The normalized spacial score (nSPS) is 23.7. The summed E-state index contributed by atoms with van der Waals surface area (Å²) in [4.78, 5) is 14.1. The van der Waals surface area contributed by atoms with Gasteiger partial charge in [-0.05, 0) is 25.7 Å². The lowest BCUT2D eigenvalue weighted by atomic mass is 10.1. The first-order valence-corrected chi connectivity index (χ1v) is 8.14. The van der Waals surface area contributed by atoms with E-state index in [1.165, 1.54) is 13.0 Å². The van der Waals surface area contributed by atoms with Crippen molar-refractivity contribution in [3.63, 3.8) is 0 Å². The highest BCUT2D eigenvalue weighted by atomic mass is 16.5. The molecule has 0 spiro atoms. The van der Waals surface area contributed by atoms with Crippen molar-refractivity contribution in [3.05, 3.63) is 17.6 Å². The summed E-state index contributed by atoms with van der Waals surface area (Å²) in [5.41, 5.74) is 1.15. The first-order valence-electron chi connectivity index (χ1n) is 8.14. The molecule has 2 fully saturated rings. The van der Waals surface area contributed by atoms with Gasteiger partial charge in [0.15, 0.2) is 0 Å². The van der Waals surface area contributed by atoms with Crippen molar-refractivity contribution < 1.29 is 4.74 Å².